The van der Waals surface area contributed by atoms with Gasteiger partial charge in [-0.1, -0.05) is 30.3 Å². The van der Waals surface area contributed by atoms with E-state index in [9.17, 15) is 9.18 Å². The Kier molecular flexibility index (Phi) is 4.64. The van der Waals surface area contributed by atoms with Crippen molar-refractivity contribution in [2.45, 2.75) is 18.8 Å². The fraction of sp³-hybridized carbons (Fsp3) is 0.200. The summed E-state index contributed by atoms with van der Waals surface area (Å²) in [5.74, 6) is 0.579. The number of carbonyl (C=O) groups is 1. The number of halogens is 1. The highest BCUT2D eigenvalue weighted by Gasteiger charge is 2.29. The molecule has 1 aliphatic rings. The highest BCUT2D eigenvalue weighted by atomic mass is 19.1. The van der Waals surface area contributed by atoms with Gasteiger partial charge >= 0.3 is 0 Å². The predicted molar refractivity (Wildman–Crippen MR) is 121 cm³/mol. The van der Waals surface area contributed by atoms with Crippen molar-refractivity contribution < 1.29 is 13.6 Å². The van der Waals surface area contributed by atoms with Gasteiger partial charge in [0.05, 0.1) is 0 Å². The Hall–Kier alpha value is -4.07. The fourth-order valence-electron chi connectivity index (χ4n) is 4.52. The summed E-state index contributed by atoms with van der Waals surface area (Å²) >= 11 is 0. The molecule has 0 spiro atoms. The molecule has 33 heavy (non-hydrogen) atoms. The van der Waals surface area contributed by atoms with Crippen molar-refractivity contribution in [1.29, 1.82) is 0 Å². The summed E-state index contributed by atoms with van der Waals surface area (Å²) in [5, 5.41) is 11.0. The quantitative estimate of drug-likeness (QED) is 0.429. The summed E-state index contributed by atoms with van der Waals surface area (Å²) in [6, 6.07) is 16.3. The zero-order valence-corrected chi connectivity index (χ0v) is 17.7. The average molecular weight is 441 g/mol. The smallest absolute Gasteiger partial charge is 0.270 e. The van der Waals surface area contributed by atoms with Gasteiger partial charge in [-0.2, -0.15) is 0 Å². The van der Waals surface area contributed by atoms with Gasteiger partial charge in [-0.05, 0) is 42.5 Å². The molecule has 1 N–H and O–H groups in total. The Morgan fingerprint density at radius 2 is 1.88 bits per heavy atom. The third-order valence-corrected chi connectivity index (χ3v) is 6.29. The minimum Gasteiger partial charge on any atom is -0.419 e. The third-order valence-electron chi connectivity index (χ3n) is 6.29. The fourth-order valence-corrected chi connectivity index (χ4v) is 4.52. The lowest BCUT2D eigenvalue weighted by atomic mass is 9.96. The summed E-state index contributed by atoms with van der Waals surface area (Å²) in [6.45, 7) is 1.12. The summed E-state index contributed by atoms with van der Waals surface area (Å²) in [7, 11) is 0. The van der Waals surface area contributed by atoms with Crippen LogP contribution in [0.5, 0.6) is 0 Å². The third kappa shape index (κ3) is 3.44. The molecule has 0 aliphatic carbocycles. The Labute approximate surface area is 188 Å². The Balaban J connectivity index is 1.17. The van der Waals surface area contributed by atoms with Crippen LogP contribution < -0.4 is 0 Å². The first-order valence-electron chi connectivity index (χ1n) is 10.9. The number of pyridine rings is 1. The van der Waals surface area contributed by atoms with E-state index < -0.39 is 0 Å². The minimum atomic E-state index is -0.339. The molecular formula is C25H20FN5O2. The number of hydrogen-bond donors (Lipinski definition) is 1. The number of hydrogen-bond acceptors (Lipinski definition) is 5. The van der Waals surface area contributed by atoms with E-state index >= 15 is 0 Å². The van der Waals surface area contributed by atoms with Crippen molar-refractivity contribution in [2.24, 2.45) is 0 Å². The van der Waals surface area contributed by atoms with Gasteiger partial charge in [-0.25, -0.2) is 4.39 Å². The summed E-state index contributed by atoms with van der Waals surface area (Å²) < 4.78 is 20.0. The van der Waals surface area contributed by atoms with Crippen molar-refractivity contribution in [3.8, 4) is 11.6 Å². The van der Waals surface area contributed by atoms with Crippen molar-refractivity contribution in [1.82, 2.24) is 25.1 Å². The number of rotatable bonds is 3. The average Bonchev–Trinajstić information content (AvgIpc) is 3.52. The molecule has 1 amide bonds. The second-order valence-corrected chi connectivity index (χ2v) is 8.28. The number of aromatic amines is 1. The van der Waals surface area contributed by atoms with Gasteiger partial charge in [0.2, 0.25) is 5.89 Å². The number of likely N-dealkylation sites (tertiary alicyclic amines) is 1. The molecule has 3 aromatic heterocycles. The lowest BCUT2D eigenvalue weighted by Gasteiger charge is -2.30. The van der Waals surface area contributed by atoms with Crippen LogP contribution in [0.4, 0.5) is 4.39 Å². The number of amides is 1. The standard InChI is InChI=1S/C25H20FN5O2/c26-19-6-3-7-20-18(19)14-21(28-20)25(32)31-12-9-16(10-13-31)23-29-30-24(33-23)22-17-5-2-1-4-15(17)8-11-27-22/h1-8,11,14,16,28H,9-10,12-13H2. The van der Waals surface area contributed by atoms with Crippen LogP contribution in [0.3, 0.4) is 0 Å². The van der Waals surface area contributed by atoms with Gasteiger partial charge in [0.15, 0.2) is 0 Å². The number of piperidine rings is 1. The van der Waals surface area contributed by atoms with Crippen LogP contribution in [-0.2, 0) is 0 Å². The van der Waals surface area contributed by atoms with Crippen molar-refractivity contribution in [2.75, 3.05) is 13.1 Å². The zero-order chi connectivity index (χ0) is 22.4. The number of fused-ring (bicyclic) bond motifs is 2. The van der Waals surface area contributed by atoms with Crippen molar-refractivity contribution in [3.05, 3.63) is 78.2 Å². The Bertz CT molecular complexity index is 1480. The van der Waals surface area contributed by atoms with Gasteiger partial charge in [0, 0.05) is 41.5 Å². The van der Waals surface area contributed by atoms with E-state index in [-0.39, 0.29) is 17.6 Å². The molecule has 164 valence electrons. The van der Waals surface area contributed by atoms with Crippen LogP contribution in [0.15, 0.2) is 65.2 Å². The highest BCUT2D eigenvalue weighted by molar-refractivity contribution is 5.98. The van der Waals surface area contributed by atoms with Crippen LogP contribution >= 0.6 is 0 Å². The molecule has 1 aliphatic heterocycles. The van der Waals surface area contributed by atoms with Gasteiger partial charge in [0.1, 0.15) is 17.2 Å². The number of carbonyl (C=O) groups excluding carboxylic acids is 1. The first-order valence-corrected chi connectivity index (χ1v) is 10.9. The largest absolute Gasteiger partial charge is 0.419 e. The van der Waals surface area contributed by atoms with E-state index in [0.717, 1.165) is 10.8 Å². The van der Waals surface area contributed by atoms with Crippen molar-refractivity contribution in [3.63, 3.8) is 0 Å². The molecule has 1 saturated heterocycles. The topological polar surface area (TPSA) is 87.9 Å². The minimum absolute atomic E-state index is 0.0745. The first-order chi connectivity index (χ1) is 16.2. The molecule has 5 aromatic rings. The van der Waals surface area contributed by atoms with E-state index in [1.54, 1.807) is 29.3 Å². The predicted octanol–water partition coefficient (Wildman–Crippen LogP) is 4.93. The monoisotopic (exact) mass is 441 g/mol. The summed E-state index contributed by atoms with van der Waals surface area (Å²) in [6.07, 6.45) is 3.16. The van der Waals surface area contributed by atoms with Gasteiger partial charge in [0.25, 0.3) is 11.8 Å². The Morgan fingerprint density at radius 1 is 1.03 bits per heavy atom. The second-order valence-electron chi connectivity index (χ2n) is 8.28. The lowest BCUT2D eigenvalue weighted by Crippen LogP contribution is -2.38. The number of nitrogens with zero attached hydrogens (tertiary/aromatic N) is 4. The van der Waals surface area contributed by atoms with E-state index in [1.807, 2.05) is 30.3 Å². The SMILES string of the molecule is O=C(c1cc2c(F)cccc2[nH]1)N1CCC(c2nnc(-c3nccc4ccccc34)o2)CC1. The molecule has 2 aromatic carbocycles. The van der Waals surface area contributed by atoms with Gasteiger partial charge in [-0.3, -0.25) is 9.78 Å². The maximum Gasteiger partial charge on any atom is 0.270 e. The van der Waals surface area contributed by atoms with E-state index in [1.165, 1.54) is 6.07 Å². The van der Waals surface area contributed by atoms with Crippen LogP contribution in [0, 0.1) is 5.82 Å². The molecule has 8 heteroatoms. The molecule has 6 rings (SSSR count). The van der Waals surface area contributed by atoms with E-state index in [4.69, 9.17) is 4.42 Å². The number of aromatic nitrogens is 4. The molecular weight excluding hydrogens is 421 g/mol. The number of H-pyrrole nitrogens is 1. The number of benzene rings is 2. The van der Waals surface area contributed by atoms with E-state index in [0.29, 0.717) is 60.0 Å². The first kappa shape index (κ1) is 19.6. The normalized spacial score (nSPS) is 14.9. The Morgan fingerprint density at radius 3 is 2.73 bits per heavy atom. The highest BCUT2D eigenvalue weighted by Crippen LogP contribution is 2.31. The molecule has 7 nitrogen and oxygen atoms in total. The lowest BCUT2D eigenvalue weighted by molar-refractivity contribution is 0.0701. The van der Waals surface area contributed by atoms with Crippen LogP contribution in [-0.4, -0.2) is 44.1 Å². The van der Waals surface area contributed by atoms with Gasteiger partial charge in [-0.15, -0.1) is 10.2 Å². The van der Waals surface area contributed by atoms with Crippen LogP contribution in [0.25, 0.3) is 33.3 Å². The number of nitrogens with one attached hydrogen (secondary N) is 1. The molecule has 0 bridgehead atoms. The van der Waals surface area contributed by atoms with Crippen LogP contribution in [0.2, 0.25) is 0 Å². The second kappa shape index (κ2) is 7.81. The van der Waals surface area contributed by atoms with Gasteiger partial charge < -0.3 is 14.3 Å². The van der Waals surface area contributed by atoms with E-state index in [2.05, 4.69) is 20.2 Å². The summed E-state index contributed by atoms with van der Waals surface area (Å²) in [5.41, 5.74) is 1.69. The summed E-state index contributed by atoms with van der Waals surface area (Å²) in [4.78, 5) is 22.2. The molecule has 4 heterocycles. The van der Waals surface area contributed by atoms with Crippen molar-refractivity contribution >= 4 is 27.6 Å². The maximum atomic E-state index is 14.0. The maximum absolute atomic E-state index is 14.0. The molecule has 1 fully saturated rings. The molecule has 0 radical (unpaired) electrons. The zero-order valence-electron chi connectivity index (χ0n) is 17.7. The molecule has 0 saturated carbocycles. The molecule has 0 atom stereocenters. The molecule has 0 unspecified atom stereocenters. The van der Waals surface area contributed by atoms with Crippen LogP contribution in [0.1, 0.15) is 35.1 Å².